The van der Waals surface area contributed by atoms with Gasteiger partial charge in [0.2, 0.25) is 0 Å². The van der Waals surface area contributed by atoms with Crippen molar-refractivity contribution in [1.82, 2.24) is 10.4 Å². The highest BCUT2D eigenvalue weighted by atomic mass is 32.2. The van der Waals surface area contributed by atoms with Crippen molar-refractivity contribution in [3.8, 4) is 35.3 Å². The number of piperidine rings is 1. The lowest BCUT2D eigenvalue weighted by Gasteiger charge is -2.38. The maximum absolute atomic E-state index is 13.5. The molecule has 0 aliphatic carbocycles. The lowest BCUT2D eigenvalue weighted by Crippen LogP contribution is -2.57. The Labute approximate surface area is 193 Å². The zero-order valence-electron chi connectivity index (χ0n) is 18.4. The number of hydrogen-bond donors (Lipinski definition) is 2. The Morgan fingerprint density at radius 1 is 1.06 bits per heavy atom. The number of methoxy groups -OCH3 is 2. The number of rotatable bonds is 8. The number of terminal acetylenes is 1. The van der Waals surface area contributed by atoms with Crippen LogP contribution in [0.5, 0.6) is 23.0 Å². The second kappa shape index (κ2) is 10.1. The SMILES string of the molecule is C#CCN1CCC(C(=O)NO)(S(=O)(=O)c2ccc(Oc3cc(OC)cc(OC)c3)cc2)CC1. The van der Waals surface area contributed by atoms with Gasteiger partial charge in [0.1, 0.15) is 23.0 Å². The molecule has 33 heavy (non-hydrogen) atoms. The third kappa shape index (κ3) is 4.90. The Kier molecular flexibility index (Phi) is 7.48. The molecule has 1 heterocycles. The second-order valence-corrected chi connectivity index (χ2v) is 9.80. The zero-order valence-corrected chi connectivity index (χ0v) is 19.2. The van der Waals surface area contributed by atoms with Gasteiger partial charge in [0.15, 0.2) is 14.6 Å². The number of amides is 1. The van der Waals surface area contributed by atoms with Crippen LogP contribution in [0, 0.1) is 12.3 Å². The number of likely N-dealkylation sites (tertiary alicyclic amines) is 1. The maximum Gasteiger partial charge on any atom is 0.265 e. The number of hydrogen-bond acceptors (Lipinski definition) is 8. The van der Waals surface area contributed by atoms with Crippen LogP contribution in [0.1, 0.15) is 12.8 Å². The Morgan fingerprint density at radius 3 is 2.09 bits per heavy atom. The van der Waals surface area contributed by atoms with Crippen LogP contribution in [-0.2, 0) is 14.6 Å². The van der Waals surface area contributed by atoms with E-state index in [9.17, 15) is 18.4 Å². The number of benzene rings is 2. The number of carbonyl (C=O) groups excluding carboxylic acids is 1. The number of nitrogens with zero attached hydrogens (tertiary/aromatic N) is 1. The summed E-state index contributed by atoms with van der Waals surface area (Å²) in [4.78, 5) is 14.4. The van der Waals surface area contributed by atoms with E-state index < -0.39 is 20.5 Å². The molecule has 1 fully saturated rings. The largest absolute Gasteiger partial charge is 0.496 e. The summed E-state index contributed by atoms with van der Waals surface area (Å²) in [6.07, 6.45) is 5.35. The monoisotopic (exact) mass is 474 g/mol. The molecule has 0 radical (unpaired) electrons. The average Bonchev–Trinajstić information content (AvgIpc) is 2.84. The molecule has 0 unspecified atom stereocenters. The van der Waals surface area contributed by atoms with E-state index in [2.05, 4.69) is 5.92 Å². The van der Waals surface area contributed by atoms with Crippen molar-refractivity contribution in [2.45, 2.75) is 22.5 Å². The van der Waals surface area contributed by atoms with Crippen molar-refractivity contribution in [2.24, 2.45) is 0 Å². The van der Waals surface area contributed by atoms with Gasteiger partial charge in [-0.05, 0) is 37.1 Å². The van der Waals surface area contributed by atoms with Gasteiger partial charge in [0.05, 0.1) is 25.7 Å². The fraction of sp³-hybridized carbons (Fsp3) is 0.348. The molecule has 2 N–H and O–H groups in total. The molecule has 0 saturated carbocycles. The molecule has 176 valence electrons. The minimum absolute atomic E-state index is 0.00522. The molecule has 0 aromatic heterocycles. The van der Waals surface area contributed by atoms with Crippen LogP contribution >= 0.6 is 0 Å². The zero-order chi connectivity index (χ0) is 24.1. The van der Waals surface area contributed by atoms with E-state index in [0.717, 1.165) is 0 Å². The molecule has 1 aliphatic heterocycles. The molecule has 9 nitrogen and oxygen atoms in total. The fourth-order valence-electron chi connectivity index (χ4n) is 3.81. The van der Waals surface area contributed by atoms with E-state index >= 15 is 0 Å². The highest BCUT2D eigenvalue weighted by Gasteiger charge is 2.52. The first-order valence-corrected chi connectivity index (χ1v) is 11.6. The molecule has 10 heteroatoms. The number of ether oxygens (including phenoxy) is 3. The Balaban J connectivity index is 1.86. The normalized spacial score (nSPS) is 15.8. The molecular formula is C23H26N2O7S. The Morgan fingerprint density at radius 2 is 1.61 bits per heavy atom. The molecule has 2 aromatic carbocycles. The van der Waals surface area contributed by atoms with Gasteiger partial charge < -0.3 is 14.2 Å². The summed E-state index contributed by atoms with van der Waals surface area (Å²) in [5, 5.41) is 9.28. The van der Waals surface area contributed by atoms with Crippen molar-refractivity contribution >= 4 is 15.7 Å². The van der Waals surface area contributed by atoms with Crippen molar-refractivity contribution in [3.05, 3.63) is 42.5 Å². The highest BCUT2D eigenvalue weighted by Crippen LogP contribution is 2.37. The third-order valence-electron chi connectivity index (χ3n) is 5.70. The summed E-state index contributed by atoms with van der Waals surface area (Å²) >= 11 is 0. The van der Waals surface area contributed by atoms with Crippen LogP contribution in [0.25, 0.3) is 0 Å². The predicted molar refractivity (Wildman–Crippen MR) is 120 cm³/mol. The van der Waals surface area contributed by atoms with E-state index in [1.165, 1.54) is 44.0 Å². The number of nitrogens with one attached hydrogen (secondary N) is 1. The number of hydroxylamine groups is 1. The van der Waals surface area contributed by atoms with E-state index in [1.807, 2.05) is 4.90 Å². The first kappa shape index (κ1) is 24.4. The van der Waals surface area contributed by atoms with Gasteiger partial charge in [-0.3, -0.25) is 14.9 Å². The first-order chi connectivity index (χ1) is 15.8. The van der Waals surface area contributed by atoms with E-state index in [-0.39, 0.29) is 17.7 Å². The molecule has 0 atom stereocenters. The molecular weight excluding hydrogens is 448 g/mol. The van der Waals surface area contributed by atoms with Gasteiger partial charge >= 0.3 is 0 Å². The lowest BCUT2D eigenvalue weighted by atomic mass is 9.95. The van der Waals surface area contributed by atoms with Gasteiger partial charge in [0.25, 0.3) is 5.91 Å². The molecule has 3 rings (SSSR count). The van der Waals surface area contributed by atoms with Crippen molar-refractivity contribution in [1.29, 1.82) is 0 Å². The van der Waals surface area contributed by atoms with Crippen molar-refractivity contribution < 1.29 is 32.6 Å². The topological polar surface area (TPSA) is 114 Å². The predicted octanol–water partition coefficient (Wildman–Crippen LogP) is 2.24. The number of sulfone groups is 1. The van der Waals surface area contributed by atoms with Gasteiger partial charge in [-0.15, -0.1) is 6.42 Å². The third-order valence-corrected chi connectivity index (χ3v) is 8.22. The van der Waals surface area contributed by atoms with E-state index in [0.29, 0.717) is 42.6 Å². The summed E-state index contributed by atoms with van der Waals surface area (Å²) in [6, 6.07) is 10.8. The minimum Gasteiger partial charge on any atom is -0.496 e. The molecule has 0 bridgehead atoms. The second-order valence-electron chi connectivity index (χ2n) is 7.54. The standard InChI is InChI=1S/C23H26N2O7S/c1-4-11-25-12-9-23(10-13-25,22(26)24-27)33(28,29)21-7-5-17(6-8-21)32-20-15-18(30-2)14-19(16-20)31-3/h1,5-8,14-16,27H,9-13H2,2-3H3,(H,24,26). The summed E-state index contributed by atoms with van der Waals surface area (Å²) in [6.45, 7) is 0.989. The quantitative estimate of drug-likeness (QED) is 0.340. The Hall–Kier alpha value is -3.26. The smallest absolute Gasteiger partial charge is 0.265 e. The molecule has 1 aliphatic rings. The van der Waals surface area contributed by atoms with E-state index in [1.54, 1.807) is 18.2 Å². The van der Waals surface area contributed by atoms with Crippen LogP contribution in [-0.4, -0.2) is 63.0 Å². The first-order valence-electron chi connectivity index (χ1n) is 10.2. The van der Waals surface area contributed by atoms with Crippen LogP contribution in [0.15, 0.2) is 47.4 Å². The van der Waals surface area contributed by atoms with Crippen LogP contribution in [0.4, 0.5) is 0 Å². The molecule has 2 aromatic rings. The molecule has 1 amide bonds. The number of carbonyl (C=O) groups is 1. The Bertz CT molecular complexity index is 1110. The summed E-state index contributed by atoms with van der Waals surface area (Å²) in [7, 11) is -1.09. The fourth-order valence-corrected chi connectivity index (χ4v) is 5.77. The van der Waals surface area contributed by atoms with Crippen LogP contribution < -0.4 is 19.7 Å². The van der Waals surface area contributed by atoms with Gasteiger partial charge in [-0.25, -0.2) is 13.9 Å². The summed E-state index contributed by atoms with van der Waals surface area (Å²) < 4.78 is 41.5. The van der Waals surface area contributed by atoms with Gasteiger partial charge in [-0.1, -0.05) is 5.92 Å². The average molecular weight is 475 g/mol. The summed E-state index contributed by atoms with van der Waals surface area (Å²) in [5.74, 6) is 3.47. The summed E-state index contributed by atoms with van der Waals surface area (Å²) in [5.41, 5.74) is 1.54. The minimum atomic E-state index is -4.13. The van der Waals surface area contributed by atoms with E-state index in [4.69, 9.17) is 20.6 Å². The van der Waals surface area contributed by atoms with Crippen LogP contribution in [0.2, 0.25) is 0 Å². The highest BCUT2D eigenvalue weighted by molar-refractivity contribution is 7.93. The van der Waals surface area contributed by atoms with Crippen LogP contribution in [0.3, 0.4) is 0 Å². The van der Waals surface area contributed by atoms with Crippen molar-refractivity contribution in [3.63, 3.8) is 0 Å². The lowest BCUT2D eigenvalue weighted by molar-refractivity contribution is -0.133. The maximum atomic E-state index is 13.5. The van der Waals surface area contributed by atoms with Gasteiger partial charge in [0, 0.05) is 31.3 Å². The molecule has 1 saturated heterocycles. The van der Waals surface area contributed by atoms with Crippen molar-refractivity contribution in [2.75, 3.05) is 33.9 Å². The van der Waals surface area contributed by atoms with Gasteiger partial charge in [-0.2, -0.15) is 0 Å². The molecule has 0 spiro atoms.